The molecule has 1 aliphatic heterocycles. The van der Waals surface area contributed by atoms with Crippen molar-refractivity contribution < 1.29 is 4.79 Å². The van der Waals surface area contributed by atoms with Gasteiger partial charge in [-0.15, -0.1) is 0 Å². The van der Waals surface area contributed by atoms with Gasteiger partial charge >= 0.3 is 0 Å². The van der Waals surface area contributed by atoms with Crippen molar-refractivity contribution in [1.82, 2.24) is 0 Å². The molecule has 1 aromatic carbocycles. The SMILES string of the molecule is NC1CCN(c2ccc(Br)cc2Cl)C1=O. The lowest BCUT2D eigenvalue weighted by atomic mass is 10.3. The summed E-state index contributed by atoms with van der Waals surface area (Å²) in [6.45, 7) is 0.640. The standard InChI is InChI=1S/C10H10BrClN2O/c11-6-1-2-9(7(12)5-6)14-4-3-8(13)10(14)15/h1-2,5,8H,3-4,13H2. The number of rotatable bonds is 1. The summed E-state index contributed by atoms with van der Waals surface area (Å²) in [6, 6.07) is 5.07. The van der Waals surface area contributed by atoms with E-state index in [0.29, 0.717) is 18.0 Å². The highest BCUT2D eigenvalue weighted by molar-refractivity contribution is 9.10. The molecule has 1 aliphatic rings. The van der Waals surface area contributed by atoms with Crippen LogP contribution in [0.25, 0.3) is 0 Å². The van der Waals surface area contributed by atoms with E-state index in [4.69, 9.17) is 17.3 Å². The summed E-state index contributed by atoms with van der Waals surface area (Å²) in [5.74, 6) is -0.0563. The van der Waals surface area contributed by atoms with Gasteiger partial charge in [0, 0.05) is 11.0 Å². The van der Waals surface area contributed by atoms with E-state index >= 15 is 0 Å². The van der Waals surface area contributed by atoms with Crippen molar-refractivity contribution in [2.45, 2.75) is 12.5 Å². The molecule has 0 spiro atoms. The summed E-state index contributed by atoms with van der Waals surface area (Å²) in [6.07, 6.45) is 0.686. The van der Waals surface area contributed by atoms with E-state index in [1.807, 2.05) is 12.1 Å². The Hall–Kier alpha value is -0.580. The fourth-order valence-corrected chi connectivity index (χ4v) is 2.42. The number of benzene rings is 1. The summed E-state index contributed by atoms with van der Waals surface area (Å²) in [7, 11) is 0. The van der Waals surface area contributed by atoms with E-state index in [1.165, 1.54) is 0 Å². The fraction of sp³-hybridized carbons (Fsp3) is 0.300. The van der Waals surface area contributed by atoms with Crippen molar-refractivity contribution in [3.63, 3.8) is 0 Å². The van der Waals surface area contributed by atoms with E-state index in [-0.39, 0.29) is 11.9 Å². The average Bonchev–Trinajstić information content (AvgIpc) is 2.49. The van der Waals surface area contributed by atoms with Gasteiger partial charge in [0.1, 0.15) is 0 Å². The van der Waals surface area contributed by atoms with Crippen LogP contribution in [-0.2, 0) is 4.79 Å². The van der Waals surface area contributed by atoms with Crippen LogP contribution < -0.4 is 10.6 Å². The molecule has 1 atom stereocenters. The Labute approximate surface area is 101 Å². The van der Waals surface area contributed by atoms with E-state index in [1.54, 1.807) is 11.0 Å². The first kappa shape index (κ1) is 10.9. The largest absolute Gasteiger partial charge is 0.320 e. The van der Waals surface area contributed by atoms with E-state index < -0.39 is 0 Å². The first-order chi connectivity index (χ1) is 7.09. The molecule has 0 saturated carbocycles. The van der Waals surface area contributed by atoms with Crippen LogP contribution in [-0.4, -0.2) is 18.5 Å². The predicted molar refractivity (Wildman–Crippen MR) is 64.1 cm³/mol. The number of nitrogens with two attached hydrogens (primary N) is 1. The highest BCUT2D eigenvalue weighted by Gasteiger charge is 2.30. The zero-order valence-electron chi connectivity index (χ0n) is 7.91. The van der Waals surface area contributed by atoms with Gasteiger partial charge in [0.05, 0.1) is 16.8 Å². The predicted octanol–water partition coefficient (Wildman–Crippen LogP) is 2.17. The number of carbonyl (C=O) groups excluding carboxylic acids is 1. The second kappa shape index (κ2) is 4.12. The van der Waals surface area contributed by atoms with Crippen LogP contribution in [0, 0.1) is 0 Å². The third-order valence-electron chi connectivity index (χ3n) is 2.45. The lowest BCUT2D eigenvalue weighted by molar-refractivity contribution is -0.118. The first-order valence-corrected chi connectivity index (χ1v) is 5.78. The molecular formula is C10H10BrClN2O. The number of hydrogen-bond acceptors (Lipinski definition) is 2. The third-order valence-corrected chi connectivity index (χ3v) is 3.24. The second-order valence-corrected chi connectivity index (χ2v) is 4.80. The molecule has 0 aromatic heterocycles. The average molecular weight is 290 g/mol. The molecule has 1 unspecified atom stereocenters. The van der Waals surface area contributed by atoms with Crippen molar-refractivity contribution in [3.05, 3.63) is 27.7 Å². The molecule has 3 nitrogen and oxygen atoms in total. The highest BCUT2D eigenvalue weighted by atomic mass is 79.9. The molecule has 0 aliphatic carbocycles. The number of anilines is 1. The Morgan fingerprint density at radius 2 is 2.27 bits per heavy atom. The minimum Gasteiger partial charge on any atom is -0.320 e. The van der Waals surface area contributed by atoms with Crippen LogP contribution in [0.3, 0.4) is 0 Å². The molecule has 1 aromatic rings. The highest BCUT2D eigenvalue weighted by Crippen LogP contribution is 2.31. The van der Waals surface area contributed by atoms with Gasteiger partial charge in [0.15, 0.2) is 0 Å². The Balaban J connectivity index is 2.34. The lowest BCUT2D eigenvalue weighted by Crippen LogP contribution is -2.34. The summed E-state index contributed by atoms with van der Waals surface area (Å²) in [5, 5.41) is 0.562. The minimum absolute atomic E-state index is 0.0563. The van der Waals surface area contributed by atoms with Crippen molar-refractivity contribution in [2.24, 2.45) is 5.73 Å². The van der Waals surface area contributed by atoms with Crippen molar-refractivity contribution in [2.75, 3.05) is 11.4 Å². The number of amides is 1. The van der Waals surface area contributed by atoms with Crippen LogP contribution >= 0.6 is 27.5 Å². The van der Waals surface area contributed by atoms with Crippen molar-refractivity contribution in [1.29, 1.82) is 0 Å². The van der Waals surface area contributed by atoms with Crippen molar-refractivity contribution >= 4 is 39.1 Å². The van der Waals surface area contributed by atoms with Crippen LogP contribution in [0.4, 0.5) is 5.69 Å². The van der Waals surface area contributed by atoms with Gasteiger partial charge in [0.2, 0.25) is 5.91 Å². The molecule has 0 radical (unpaired) electrons. The Bertz CT molecular complexity index is 410. The molecule has 1 fully saturated rings. The van der Waals surface area contributed by atoms with Crippen LogP contribution in [0.5, 0.6) is 0 Å². The van der Waals surface area contributed by atoms with Gasteiger partial charge in [-0.3, -0.25) is 4.79 Å². The lowest BCUT2D eigenvalue weighted by Gasteiger charge is -2.17. The molecule has 15 heavy (non-hydrogen) atoms. The zero-order valence-corrected chi connectivity index (χ0v) is 10.3. The van der Waals surface area contributed by atoms with Crippen LogP contribution in [0.2, 0.25) is 5.02 Å². The molecule has 2 N–H and O–H groups in total. The van der Waals surface area contributed by atoms with Gasteiger partial charge in [-0.2, -0.15) is 0 Å². The smallest absolute Gasteiger partial charge is 0.244 e. The zero-order chi connectivity index (χ0) is 11.0. The van der Waals surface area contributed by atoms with Crippen LogP contribution in [0.1, 0.15) is 6.42 Å². The Morgan fingerprint density at radius 3 is 2.80 bits per heavy atom. The monoisotopic (exact) mass is 288 g/mol. The van der Waals surface area contributed by atoms with Gasteiger partial charge in [-0.25, -0.2) is 0 Å². The minimum atomic E-state index is -0.385. The van der Waals surface area contributed by atoms with Crippen molar-refractivity contribution in [3.8, 4) is 0 Å². The summed E-state index contributed by atoms with van der Waals surface area (Å²) in [5.41, 5.74) is 6.38. The molecule has 1 heterocycles. The Morgan fingerprint density at radius 1 is 1.53 bits per heavy atom. The maximum absolute atomic E-state index is 11.7. The number of carbonyl (C=O) groups is 1. The fourth-order valence-electron chi connectivity index (χ4n) is 1.64. The van der Waals surface area contributed by atoms with Gasteiger partial charge in [-0.1, -0.05) is 27.5 Å². The van der Waals surface area contributed by atoms with Gasteiger partial charge in [0.25, 0.3) is 0 Å². The molecule has 1 saturated heterocycles. The maximum Gasteiger partial charge on any atom is 0.244 e. The maximum atomic E-state index is 11.7. The summed E-state index contributed by atoms with van der Waals surface area (Å²) >= 11 is 9.38. The topological polar surface area (TPSA) is 46.3 Å². The number of hydrogen-bond donors (Lipinski definition) is 1. The Kier molecular flexibility index (Phi) is 3.00. The second-order valence-electron chi connectivity index (χ2n) is 3.48. The molecule has 0 bridgehead atoms. The molecule has 80 valence electrons. The van der Waals surface area contributed by atoms with Gasteiger partial charge < -0.3 is 10.6 Å². The molecule has 1 amide bonds. The van der Waals surface area contributed by atoms with Gasteiger partial charge in [-0.05, 0) is 24.6 Å². The molecule has 5 heteroatoms. The van der Waals surface area contributed by atoms with Crippen LogP contribution in [0.15, 0.2) is 22.7 Å². The molecular weight excluding hydrogens is 279 g/mol. The summed E-state index contributed by atoms with van der Waals surface area (Å²) < 4.78 is 0.896. The summed E-state index contributed by atoms with van der Waals surface area (Å²) in [4.78, 5) is 13.3. The first-order valence-electron chi connectivity index (χ1n) is 4.61. The van der Waals surface area contributed by atoms with E-state index in [0.717, 1.165) is 10.2 Å². The van der Waals surface area contributed by atoms with E-state index in [2.05, 4.69) is 15.9 Å². The normalized spacial score (nSPS) is 21.1. The number of nitrogens with zero attached hydrogens (tertiary/aromatic N) is 1. The molecule has 2 rings (SSSR count). The quantitative estimate of drug-likeness (QED) is 0.861. The number of halogens is 2. The third kappa shape index (κ3) is 2.02. The van der Waals surface area contributed by atoms with E-state index in [9.17, 15) is 4.79 Å².